The molecule has 25 heavy (non-hydrogen) atoms. The van der Waals surface area contributed by atoms with E-state index in [0.29, 0.717) is 24.9 Å². The number of benzene rings is 1. The lowest BCUT2D eigenvalue weighted by molar-refractivity contribution is -0.145. The molecule has 1 aliphatic heterocycles. The molecule has 2 heterocycles. The van der Waals surface area contributed by atoms with Gasteiger partial charge in [-0.3, -0.25) is 4.79 Å². The fourth-order valence-electron chi connectivity index (χ4n) is 2.94. The first-order valence-electron chi connectivity index (χ1n) is 7.99. The minimum atomic E-state index is -0.896. The van der Waals surface area contributed by atoms with Crippen molar-refractivity contribution in [3.63, 3.8) is 0 Å². The standard InChI is InChI=1S/C17H21N3O5/c1-17(2)10-20(9-13(24-17)8-14(21)22)16-18-15(19-25-16)11-4-6-12(23-3)7-5-11/h4-7,13H,8-10H2,1-3H3,(H,21,22). The third kappa shape index (κ3) is 4.08. The zero-order chi connectivity index (χ0) is 18.0. The van der Waals surface area contributed by atoms with Gasteiger partial charge in [-0.1, -0.05) is 5.16 Å². The molecule has 134 valence electrons. The van der Waals surface area contributed by atoms with Crippen molar-refractivity contribution in [1.82, 2.24) is 10.1 Å². The van der Waals surface area contributed by atoms with Crippen molar-refractivity contribution in [3.8, 4) is 17.1 Å². The average Bonchev–Trinajstić information content (AvgIpc) is 3.03. The van der Waals surface area contributed by atoms with Gasteiger partial charge in [-0.25, -0.2) is 0 Å². The van der Waals surface area contributed by atoms with Crippen molar-refractivity contribution >= 4 is 12.0 Å². The third-order valence-corrected chi connectivity index (χ3v) is 3.92. The lowest BCUT2D eigenvalue weighted by Crippen LogP contribution is -2.53. The molecule has 1 fully saturated rings. The summed E-state index contributed by atoms with van der Waals surface area (Å²) in [5.74, 6) is 0.322. The molecule has 0 saturated carbocycles. The summed E-state index contributed by atoms with van der Waals surface area (Å²) in [6.45, 7) is 4.75. The van der Waals surface area contributed by atoms with E-state index >= 15 is 0 Å². The minimum absolute atomic E-state index is 0.0700. The highest BCUT2D eigenvalue weighted by Gasteiger charge is 2.36. The van der Waals surface area contributed by atoms with Gasteiger partial charge in [0.2, 0.25) is 5.82 Å². The Bertz CT molecular complexity index is 741. The van der Waals surface area contributed by atoms with Crippen molar-refractivity contribution in [3.05, 3.63) is 24.3 Å². The normalized spacial score (nSPS) is 19.6. The van der Waals surface area contributed by atoms with E-state index in [1.165, 1.54) is 0 Å². The van der Waals surface area contributed by atoms with Crippen LogP contribution in [0.2, 0.25) is 0 Å². The minimum Gasteiger partial charge on any atom is -0.497 e. The SMILES string of the molecule is COc1ccc(-c2noc(N3CC(CC(=O)O)OC(C)(C)C3)n2)cc1. The summed E-state index contributed by atoms with van der Waals surface area (Å²) in [6, 6.07) is 7.71. The summed E-state index contributed by atoms with van der Waals surface area (Å²) in [4.78, 5) is 17.3. The predicted octanol–water partition coefficient (Wildman–Crippen LogP) is 2.20. The molecule has 1 atom stereocenters. The zero-order valence-electron chi connectivity index (χ0n) is 14.4. The molecule has 8 heteroatoms. The van der Waals surface area contributed by atoms with Crippen LogP contribution in [0.5, 0.6) is 5.75 Å². The van der Waals surface area contributed by atoms with E-state index < -0.39 is 17.7 Å². The molecular weight excluding hydrogens is 326 g/mol. The number of nitrogens with zero attached hydrogens (tertiary/aromatic N) is 3. The number of hydrogen-bond acceptors (Lipinski definition) is 7. The van der Waals surface area contributed by atoms with Crippen molar-refractivity contribution in [2.24, 2.45) is 0 Å². The number of methoxy groups -OCH3 is 1. The van der Waals surface area contributed by atoms with Crippen LogP contribution in [0.1, 0.15) is 20.3 Å². The summed E-state index contributed by atoms with van der Waals surface area (Å²) < 4.78 is 16.4. The van der Waals surface area contributed by atoms with E-state index in [9.17, 15) is 4.79 Å². The quantitative estimate of drug-likeness (QED) is 0.879. The Labute approximate surface area is 145 Å². The Balaban J connectivity index is 1.79. The number of anilines is 1. The molecule has 8 nitrogen and oxygen atoms in total. The number of carbonyl (C=O) groups is 1. The maximum Gasteiger partial charge on any atom is 0.324 e. The zero-order valence-corrected chi connectivity index (χ0v) is 14.4. The maximum absolute atomic E-state index is 11.0. The molecule has 1 aromatic heterocycles. The summed E-state index contributed by atoms with van der Waals surface area (Å²) >= 11 is 0. The fourth-order valence-corrected chi connectivity index (χ4v) is 2.94. The lowest BCUT2D eigenvalue weighted by Gasteiger charge is -2.41. The van der Waals surface area contributed by atoms with E-state index in [2.05, 4.69) is 10.1 Å². The highest BCUT2D eigenvalue weighted by molar-refractivity contribution is 5.67. The van der Waals surface area contributed by atoms with Gasteiger partial charge in [0.15, 0.2) is 0 Å². The van der Waals surface area contributed by atoms with Crippen molar-refractivity contribution in [2.75, 3.05) is 25.1 Å². The average molecular weight is 347 g/mol. The second kappa shape index (κ2) is 6.72. The Morgan fingerprint density at radius 1 is 1.40 bits per heavy atom. The van der Waals surface area contributed by atoms with Crippen molar-refractivity contribution < 1.29 is 23.9 Å². The van der Waals surface area contributed by atoms with Gasteiger partial charge in [0.25, 0.3) is 0 Å². The number of ether oxygens (including phenoxy) is 2. The molecule has 1 N–H and O–H groups in total. The fraction of sp³-hybridized carbons (Fsp3) is 0.471. The van der Waals surface area contributed by atoms with Crippen molar-refractivity contribution in [2.45, 2.75) is 32.0 Å². The van der Waals surface area contributed by atoms with Crippen LogP contribution >= 0.6 is 0 Å². The molecule has 0 aliphatic carbocycles. The van der Waals surface area contributed by atoms with Crippen LogP contribution in [0.25, 0.3) is 11.4 Å². The summed E-state index contributed by atoms with van der Waals surface area (Å²) in [5, 5.41) is 13.1. The number of morpholine rings is 1. The van der Waals surface area contributed by atoms with Crippen LogP contribution in [-0.4, -0.2) is 53.1 Å². The molecule has 1 saturated heterocycles. The number of aliphatic carboxylic acids is 1. The van der Waals surface area contributed by atoms with Crippen LogP contribution in [0.15, 0.2) is 28.8 Å². The van der Waals surface area contributed by atoms with Crippen LogP contribution in [0.3, 0.4) is 0 Å². The molecule has 0 amide bonds. The predicted molar refractivity (Wildman–Crippen MR) is 89.7 cm³/mol. The molecular formula is C17H21N3O5. The van der Waals surface area contributed by atoms with Gasteiger partial charge in [0.1, 0.15) is 5.75 Å². The van der Waals surface area contributed by atoms with Gasteiger partial charge in [-0.05, 0) is 38.1 Å². The molecule has 3 rings (SSSR count). The van der Waals surface area contributed by atoms with Crippen LogP contribution in [-0.2, 0) is 9.53 Å². The van der Waals surface area contributed by atoms with Crippen LogP contribution < -0.4 is 9.64 Å². The van der Waals surface area contributed by atoms with Gasteiger partial charge in [0, 0.05) is 12.1 Å². The highest BCUT2D eigenvalue weighted by atomic mass is 16.5. The second-order valence-electron chi connectivity index (χ2n) is 6.61. The second-order valence-corrected chi connectivity index (χ2v) is 6.61. The molecule has 0 radical (unpaired) electrons. The molecule has 0 spiro atoms. The topological polar surface area (TPSA) is 97.9 Å². The maximum atomic E-state index is 11.0. The van der Waals surface area contributed by atoms with E-state index in [-0.39, 0.29) is 6.42 Å². The number of hydrogen-bond donors (Lipinski definition) is 1. The summed E-state index contributed by atoms with van der Waals surface area (Å²) in [5.41, 5.74) is 0.304. The van der Waals surface area contributed by atoms with E-state index in [1.807, 2.05) is 43.0 Å². The Morgan fingerprint density at radius 2 is 2.12 bits per heavy atom. The molecule has 2 aromatic rings. The first kappa shape index (κ1) is 17.2. The van der Waals surface area contributed by atoms with Gasteiger partial charge in [0.05, 0.1) is 31.8 Å². The smallest absolute Gasteiger partial charge is 0.324 e. The van der Waals surface area contributed by atoms with Gasteiger partial charge >= 0.3 is 12.0 Å². The van der Waals surface area contributed by atoms with Crippen molar-refractivity contribution in [1.29, 1.82) is 0 Å². The monoisotopic (exact) mass is 347 g/mol. The molecule has 1 aromatic carbocycles. The lowest BCUT2D eigenvalue weighted by atomic mass is 10.0. The molecule has 0 bridgehead atoms. The number of carboxylic acid groups (broad SMARTS) is 1. The van der Waals surface area contributed by atoms with Gasteiger partial charge < -0.3 is 24.0 Å². The Kier molecular flexibility index (Phi) is 4.63. The Morgan fingerprint density at radius 3 is 2.76 bits per heavy atom. The highest BCUT2D eigenvalue weighted by Crippen LogP contribution is 2.28. The Hall–Kier alpha value is -2.61. The van der Waals surface area contributed by atoms with Gasteiger partial charge in [-0.2, -0.15) is 4.98 Å². The van der Waals surface area contributed by atoms with E-state index in [1.54, 1.807) is 7.11 Å². The summed E-state index contributed by atoms with van der Waals surface area (Å²) in [6.07, 6.45) is -0.503. The molecule has 1 unspecified atom stereocenters. The first-order chi connectivity index (χ1) is 11.9. The van der Waals surface area contributed by atoms with Crippen LogP contribution in [0.4, 0.5) is 6.01 Å². The van der Waals surface area contributed by atoms with E-state index in [0.717, 1.165) is 11.3 Å². The number of rotatable bonds is 5. The van der Waals surface area contributed by atoms with E-state index in [4.69, 9.17) is 19.1 Å². The molecule has 1 aliphatic rings. The number of aromatic nitrogens is 2. The van der Waals surface area contributed by atoms with Gasteiger partial charge in [-0.15, -0.1) is 0 Å². The largest absolute Gasteiger partial charge is 0.497 e. The first-order valence-corrected chi connectivity index (χ1v) is 7.99. The third-order valence-electron chi connectivity index (χ3n) is 3.92. The summed E-state index contributed by atoms with van der Waals surface area (Å²) in [7, 11) is 1.61. The number of carboxylic acids is 1. The van der Waals surface area contributed by atoms with Crippen LogP contribution in [0, 0.1) is 0 Å².